The number of hydrogen-bond acceptors (Lipinski definition) is 2. The molecule has 2 nitrogen and oxygen atoms in total. The van der Waals surface area contributed by atoms with Gasteiger partial charge in [-0.05, 0) is 94.0 Å². The van der Waals surface area contributed by atoms with Crippen molar-refractivity contribution in [1.29, 1.82) is 0 Å². The van der Waals surface area contributed by atoms with Gasteiger partial charge in [0.15, 0.2) is 0 Å². The van der Waals surface area contributed by atoms with Crippen molar-refractivity contribution in [3.8, 4) is 5.75 Å². The Balaban J connectivity index is 0.000000618. The first-order valence-electron chi connectivity index (χ1n) is 17.8. The number of unbranched alkanes of at least 4 members (excludes halogenated alkanes) is 1. The van der Waals surface area contributed by atoms with Gasteiger partial charge in [-0.15, -0.1) is 0 Å². The van der Waals surface area contributed by atoms with Gasteiger partial charge < -0.3 is 9.64 Å². The van der Waals surface area contributed by atoms with Crippen molar-refractivity contribution in [2.24, 2.45) is 23.7 Å². The van der Waals surface area contributed by atoms with Crippen molar-refractivity contribution in [3.05, 3.63) is 71.9 Å². The SMILES string of the molecule is C=C(C)C(=C(C)C)C1C=CC=CC1C.CC.CCC(CC)CCC(C)C.CCCCOc1ccc(N2CCCCC2)cc1. The number of allylic oxidation sites excluding steroid dienone is 7. The van der Waals surface area contributed by atoms with Crippen LogP contribution >= 0.6 is 0 Å². The van der Waals surface area contributed by atoms with E-state index in [-0.39, 0.29) is 0 Å². The van der Waals surface area contributed by atoms with Gasteiger partial charge in [0.05, 0.1) is 6.61 Å². The molecular weight excluding hydrogens is 522 g/mol. The summed E-state index contributed by atoms with van der Waals surface area (Å²) in [5, 5.41) is 0. The fourth-order valence-electron chi connectivity index (χ4n) is 5.63. The molecule has 0 bridgehead atoms. The zero-order chi connectivity index (χ0) is 32.6. The molecule has 246 valence electrons. The van der Waals surface area contributed by atoms with Gasteiger partial charge in [0.25, 0.3) is 0 Å². The molecule has 43 heavy (non-hydrogen) atoms. The summed E-state index contributed by atoms with van der Waals surface area (Å²) < 4.78 is 5.67. The first-order valence-corrected chi connectivity index (χ1v) is 17.8. The molecule has 1 aromatic rings. The van der Waals surface area contributed by atoms with Gasteiger partial charge in [-0.1, -0.05) is 130 Å². The number of hydrogen-bond donors (Lipinski definition) is 0. The molecule has 1 aliphatic carbocycles. The number of ether oxygens (including phenoxy) is 1. The van der Waals surface area contributed by atoms with Crippen molar-refractivity contribution >= 4 is 5.69 Å². The van der Waals surface area contributed by atoms with Gasteiger partial charge in [0, 0.05) is 24.7 Å². The highest BCUT2D eigenvalue weighted by Crippen LogP contribution is 2.32. The minimum absolute atomic E-state index is 0.516. The van der Waals surface area contributed by atoms with Crippen LogP contribution in [0, 0.1) is 23.7 Å². The maximum absolute atomic E-state index is 5.67. The lowest BCUT2D eigenvalue weighted by molar-refractivity contribution is 0.309. The third-order valence-electron chi connectivity index (χ3n) is 8.37. The summed E-state index contributed by atoms with van der Waals surface area (Å²) in [5.41, 5.74) is 5.33. The lowest BCUT2D eigenvalue weighted by Gasteiger charge is -2.28. The van der Waals surface area contributed by atoms with Crippen LogP contribution < -0.4 is 9.64 Å². The second-order valence-electron chi connectivity index (χ2n) is 12.7. The van der Waals surface area contributed by atoms with Crippen LogP contribution in [0.1, 0.15) is 134 Å². The number of rotatable bonds is 12. The Kier molecular flexibility index (Phi) is 23.8. The second-order valence-corrected chi connectivity index (χ2v) is 12.7. The maximum Gasteiger partial charge on any atom is 0.119 e. The quantitative estimate of drug-likeness (QED) is 0.176. The normalized spacial score (nSPS) is 17.2. The zero-order valence-corrected chi connectivity index (χ0v) is 30.5. The Morgan fingerprint density at radius 1 is 0.884 bits per heavy atom. The lowest BCUT2D eigenvalue weighted by Crippen LogP contribution is -2.29. The van der Waals surface area contributed by atoms with E-state index < -0.39 is 0 Å². The Labute approximate surface area is 269 Å². The predicted molar refractivity (Wildman–Crippen MR) is 197 cm³/mol. The van der Waals surface area contributed by atoms with Crippen LogP contribution in [0.4, 0.5) is 5.69 Å². The van der Waals surface area contributed by atoms with Gasteiger partial charge >= 0.3 is 0 Å². The summed E-state index contributed by atoms with van der Waals surface area (Å²) in [6.45, 7) is 31.4. The van der Waals surface area contributed by atoms with E-state index in [2.05, 4.69) is 122 Å². The third-order valence-corrected chi connectivity index (χ3v) is 8.37. The molecule has 2 heteroatoms. The van der Waals surface area contributed by atoms with Crippen LogP contribution in [-0.2, 0) is 0 Å². The predicted octanol–water partition coefficient (Wildman–Crippen LogP) is 13.0. The molecule has 0 N–H and O–H groups in total. The smallest absolute Gasteiger partial charge is 0.119 e. The molecule has 2 atom stereocenters. The fourth-order valence-corrected chi connectivity index (χ4v) is 5.63. The molecule has 0 saturated carbocycles. The highest BCUT2D eigenvalue weighted by molar-refractivity contribution is 5.49. The van der Waals surface area contributed by atoms with Crippen molar-refractivity contribution in [3.63, 3.8) is 0 Å². The fraction of sp³-hybridized carbons (Fsp3) is 0.659. The molecule has 0 aromatic heterocycles. The van der Waals surface area contributed by atoms with Gasteiger partial charge in [0.1, 0.15) is 5.75 Å². The van der Waals surface area contributed by atoms with E-state index in [4.69, 9.17) is 4.74 Å². The van der Waals surface area contributed by atoms with Gasteiger partial charge in [-0.2, -0.15) is 0 Å². The minimum atomic E-state index is 0.516. The van der Waals surface area contributed by atoms with E-state index in [1.807, 2.05) is 13.8 Å². The molecule has 0 radical (unpaired) electrons. The Hall–Kier alpha value is -2.22. The third kappa shape index (κ3) is 17.6. The zero-order valence-electron chi connectivity index (χ0n) is 30.5. The largest absolute Gasteiger partial charge is 0.494 e. The van der Waals surface area contributed by atoms with Crippen LogP contribution in [0.25, 0.3) is 0 Å². The summed E-state index contributed by atoms with van der Waals surface area (Å²) in [4.78, 5) is 2.47. The summed E-state index contributed by atoms with van der Waals surface area (Å²) >= 11 is 0. The van der Waals surface area contributed by atoms with E-state index >= 15 is 0 Å². The molecule has 0 spiro atoms. The van der Waals surface area contributed by atoms with Gasteiger partial charge in [-0.3, -0.25) is 0 Å². The van der Waals surface area contributed by atoms with E-state index in [0.29, 0.717) is 11.8 Å². The molecule has 1 heterocycles. The summed E-state index contributed by atoms with van der Waals surface area (Å²) in [7, 11) is 0. The van der Waals surface area contributed by atoms with E-state index in [9.17, 15) is 0 Å². The summed E-state index contributed by atoms with van der Waals surface area (Å²) in [6, 6.07) is 8.57. The summed E-state index contributed by atoms with van der Waals surface area (Å²) in [6.07, 6.45) is 20.7. The second kappa shape index (κ2) is 25.1. The average Bonchev–Trinajstić information content (AvgIpc) is 3.01. The maximum atomic E-state index is 5.67. The first-order chi connectivity index (χ1) is 20.6. The highest BCUT2D eigenvalue weighted by Gasteiger charge is 2.19. The Bertz CT molecular complexity index is 906. The van der Waals surface area contributed by atoms with Crippen LogP contribution in [0.2, 0.25) is 0 Å². The number of anilines is 1. The molecule has 1 aliphatic heterocycles. The number of nitrogens with zero attached hydrogens (tertiary/aromatic N) is 1. The molecule has 1 saturated heterocycles. The highest BCUT2D eigenvalue weighted by atomic mass is 16.5. The topological polar surface area (TPSA) is 12.5 Å². The standard InChI is InChI=1S/C15H23NO.C14H20.C10H22.C2H6/c1-2-3-13-17-15-9-7-14(8-10-15)16-11-5-4-6-12-16;1-10(2)14(11(3)4)13-9-7-6-8-12(13)5;1-5-10(6-2)8-7-9(3)4;1-2/h7-10H,2-6,11-13H2,1H3;6-9,12-13H,1H2,2-5H3;9-10H,5-8H2,1-4H3;1-2H3. The molecule has 2 aliphatic rings. The Morgan fingerprint density at radius 2 is 1.47 bits per heavy atom. The van der Waals surface area contributed by atoms with Crippen molar-refractivity contribution in [2.75, 3.05) is 24.6 Å². The monoisotopic (exact) mass is 594 g/mol. The molecule has 2 unspecified atom stereocenters. The number of piperidine rings is 1. The van der Waals surface area contributed by atoms with E-state index in [1.165, 1.54) is 86.9 Å². The van der Waals surface area contributed by atoms with Crippen molar-refractivity contribution in [1.82, 2.24) is 0 Å². The van der Waals surface area contributed by atoms with Crippen LogP contribution in [0.15, 0.2) is 71.9 Å². The lowest BCUT2D eigenvalue weighted by atomic mass is 9.79. The van der Waals surface area contributed by atoms with E-state index in [1.54, 1.807) is 0 Å². The number of benzene rings is 1. The molecule has 0 amide bonds. The van der Waals surface area contributed by atoms with Gasteiger partial charge in [-0.25, -0.2) is 0 Å². The molecular formula is C41H71NO. The molecule has 1 aromatic carbocycles. The minimum Gasteiger partial charge on any atom is -0.494 e. The van der Waals surface area contributed by atoms with Crippen molar-refractivity contribution in [2.45, 2.75) is 134 Å². The first kappa shape index (κ1) is 40.8. The van der Waals surface area contributed by atoms with Crippen LogP contribution in [0.5, 0.6) is 5.75 Å². The Morgan fingerprint density at radius 3 is 1.93 bits per heavy atom. The van der Waals surface area contributed by atoms with Gasteiger partial charge in [0.2, 0.25) is 0 Å². The average molecular weight is 594 g/mol. The van der Waals surface area contributed by atoms with Crippen LogP contribution in [0.3, 0.4) is 0 Å². The molecule has 1 fully saturated rings. The summed E-state index contributed by atoms with van der Waals surface area (Å²) in [5.74, 6) is 3.98. The van der Waals surface area contributed by atoms with Crippen molar-refractivity contribution < 1.29 is 4.74 Å². The molecule has 3 rings (SSSR count). The van der Waals surface area contributed by atoms with Crippen LogP contribution in [-0.4, -0.2) is 19.7 Å². The van der Waals surface area contributed by atoms with E-state index in [0.717, 1.165) is 30.6 Å².